The molecule has 2 heterocycles. The van der Waals surface area contributed by atoms with Gasteiger partial charge in [0.25, 0.3) is 0 Å². The van der Waals surface area contributed by atoms with Gasteiger partial charge in [-0.2, -0.15) is 0 Å². The molecule has 0 bridgehead atoms. The van der Waals surface area contributed by atoms with Crippen molar-refractivity contribution >= 4 is 17.5 Å². The molecule has 1 aliphatic heterocycles. The molecule has 0 radical (unpaired) electrons. The highest BCUT2D eigenvalue weighted by atomic mass is 16.5. The third-order valence-corrected chi connectivity index (χ3v) is 3.29. The molecule has 2 rings (SSSR count). The average molecular weight is 293 g/mol. The van der Waals surface area contributed by atoms with Gasteiger partial charge in [0.2, 0.25) is 5.91 Å². The molecule has 7 heteroatoms. The molecule has 1 aromatic heterocycles. The molecule has 1 aromatic rings. The van der Waals surface area contributed by atoms with Gasteiger partial charge in [-0.3, -0.25) is 4.79 Å². The molecule has 0 aliphatic carbocycles. The van der Waals surface area contributed by atoms with E-state index in [1.165, 1.54) is 0 Å². The van der Waals surface area contributed by atoms with Crippen molar-refractivity contribution in [1.82, 2.24) is 14.9 Å². The summed E-state index contributed by atoms with van der Waals surface area (Å²) >= 11 is 0. The van der Waals surface area contributed by atoms with Crippen LogP contribution in [-0.4, -0.2) is 53.6 Å². The summed E-state index contributed by atoms with van der Waals surface area (Å²) in [5, 5.41) is 3.14. The number of carbonyl (C=O) groups is 1. The molecule has 1 aliphatic rings. The number of rotatable bonds is 5. The third-order valence-electron chi connectivity index (χ3n) is 3.29. The van der Waals surface area contributed by atoms with Crippen molar-refractivity contribution in [3.05, 3.63) is 11.9 Å². The van der Waals surface area contributed by atoms with Gasteiger partial charge in [0, 0.05) is 38.0 Å². The average Bonchev–Trinajstić information content (AvgIpc) is 2.47. The molecule has 3 N–H and O–H groups in total. The Labute approximate surface area is 124 Å². The summed E-state index contributed by atoms with van der Waals surface area (Å²) in [6, 6.07) is 1.69. The molecule has 0 spiro atoms. The van der Waals surface area contributed by atoms with Crippen molar-refractivity contribution in [3.63, 3.8) is 0 Å². The van der Waals surface area contributed by atoms with Crippen molar-refractivity contribution in [2.24, 2.45) is 0 Å². The molecular formula is C14H23N5O2. The Hall–Kier alpha value is -1.89. The Balaban J connectivity index is 1.84. The van der Waals surface area contributed by atoms with Crippen LogP contribution in [0, 0.1) is 0 Å². The van der Waals surface area contributed by atoms with Crippen molar-refractivity contribution in [1.29, 1.82) is 0 Å². The highest BCUT2D eigenvalue weighted by molar-refractivity contribution is 5.76. The van der Waals surface area contributed by atoms with E-state index < -0.39 is 0 Å². The van der Waals surface area contributed by atoms with Gasteiger partial charge in [-0.05, 0) is 0 Å². The summed E-state index contributed by atoms with van der Waals surface area (Å²) in [6.07, 6.45) is 0.431. The fourth-order valence-corrected chi connectivity index (χ4v) is 2.10. The first-order valence-electron chi connectivity index (χ1n) is 7.30. The van der Waals surface area contributed by atoms with Crippen LogP contribution in [0.5, 0.6) is 0 Å². The van der Waals surface area contributed by atoms with Crippen molar-refractivity contribution in [2.45, 2.75) is 26.2 Å². The van der Waals surface area contributed by atoms with Crippen LogP contribution in [0.3, 0.4) is 0 Å². The highest BCUT2D eigenvalue weighted by Gasteiger charge is 2.16. The number of carbonyl (C=O) groups excluding carboxylic acids is 1. The molecule has 1 amide bonds. The molecule has 21 heavy (non-hydrogen) atoms. The van der Waals surface area contributed by atoms with Crippen LogP contribution in [0.1, 0.15) is 32.0 Å². The number of hydrogen-bond acceptors (Lipinski definition) is 6. The van der Waals surface area contributed by atoms with E-state index in [0.29, 0.717) is 56.7 Å². The molecule has 0 atom stereocenters. The van der Waals surface area contributed by atoms with Crippen LogP contribution in [-0.2, 0) is 9.53 Å². The first-order valence-corrected chi connectivity index (χ1v) is 7.30. The molecule has 7 nitrogen and oxygen atoms in total. The molecular weight excluding hydrogens is 270 g/mol. The van der Waals surface area contributed by atoms with Gasteiger partial charge >= 0.3 is 0 Å². The number of nitrogens with two attached hydrogens (primary N) is 1. The Morgan fingerprint density at radius 3 is 2.81 bits per heavy atom. The number of ether oxygens (including phenoxy) is 1. The highest BCUT2D eigenvalue weighted by Crippen LogP contribution is 2.15. The second-order valence-corrected chi connectivity index (χ2v) is 5.36. The molecule has 0 unspecified atom stereocenters. The second kappa shape index (κ2) is 7.21. The normalized spacial score (nSPS) is 15.3. The first-order chi connectivity index (χ1) is 10.1. The van der Waals surface area contributed by atoms with Crippen LogP contribution >= 0.6 is 0 Å². The molecule has 1 saturated heterocycles. The summed E-state index contributed by atoms with van der Waals surface area (Å²) in [6.45, 7) is 7.16. The quantitative estimate of drug-likeness (QED) is 0.835. The zero-order chi connectivity index (χ0) is 15.2. The monoisotopic (exact) mass is 293 g/mol. The van der Waals surface area contributed by atoms with Crippen LogP contribution in [0.25, 0.3) is 0 Å². The number of anilines is 2. The number of nitrogens with one attached hydrogen (secondary N) is 1. The standard InChI is InChI=1S/C14H23N5O2/c1-10(2)14-17-11(15)9-12(18-14)16-4-3-13(20)19-5-7-21-8-6-19/h9-10H,3-8H2,1-2H3,(H3,15,16,17,18). The first kappa shape index (κ1) is 15.5. The summed E-state index contributed by atoms with van der Waals surface area (Å²) in [5.41, 5.74) is 5.77. The van der Waals surface area contributed by atoms with Crippen LogP contribution in [0.4, 0.5) is 11.6 Å². The second-order valence-electron chi connectivity index (χ2n) is 5.36. The lowest BCUT2D eigenvalue weighted by atomic mass is 10.2. The van der Waals surface area contributed by atoms with E-state index in [2.05, 4.69) is 15.3 Å². The van der Waals surface area contributed by atoms with Crippen molar-refractivity contribution in [2.75, 3.05) is 43.9 Å². The zero-order valence-corrected chi connectivity index (χ0v) is 12.6. The van der Waals surface area contributed by atoms with E-state index >= 15 is 0 Å². The number of nitrogen functional groups attached to an aromatic ring is 1. The van der Waals surface area contributed by atoms with Gasteiger partial charge in [0.05, 0.1) is 13.2 Å². The minimum atomic E-state index is 0.136. The Bertz CT molecular complexity index is 486. The Morgan fingerprint density at radius 1 is 1.43 bits per heavy atom. The minimum absolute atomic E-state index is 0.136. The lowest BCUT2D eigenvalue weighted by Crippen LogP contribution is -2.41. The zero-order valence-electron chi connectivity index (χ0n) is 12.6. The van der Waals surface area contributed by atoms with E-state index in [1.807, 2.05) is 18.7 Å². The topological polar surface area (TPSA) is 93.4 Å². The Morgan fingerprint density at radius 2 is 2.14 bits per heavy atom. The maximum atomic E-state index is 12.0. The maximum Gasteiger partial charge on any atom is 0.224 e. The van der Waals surface area contributed by atoms with E-state index in [1.54, 1.807) is 6.07 Å². The summed E-state index contributed by atoms with van der Waals surface area (Å²) < 4.78 is 5.23. The molecule has 116 valence electrons. The number of morpholine rings is 1. The summed E-state index contributed by atoms with van der Waals surface area (Å²) in [4.78, 5) is 22.4. The minimum Gasteiger partial charge on any atom is -0.384 e. The maximum absolute atomic E-state index is 12.0. The van der Waals surface area contributed by atoms with Gasteiger partial charge in [-0.15, -0.1) is 0 Å². The fourth-order valence-electron chi connectivity index (χ4n) is 2.10. The molecule has 1 fully saturated rings. The predicted molar refractivity (Wildman–Crippen MR) is 81.0 cm³/mol. The van der Waals surface area contributed by atoms with E-state index in [0.717, 1.165) is 0 Å². The Kier molecular flexibility index (Phi) is 5.32. The number of hydrogen-bond donors (Lipinski definition) is 2. The van der Waals surface area contributed by atoms with Gasteiger partial charge in [-0.25, -0.2) is 9.97 Å². The van der Waals surface area contributed by atoms with Crippen LogP contribution < -0.4 is 11.1 Å². The predicted octanol–water partition coefficient (Wildman–Crippen LogP) is 0.843. The van der Waals surface area contributed by atoms with Gasteiger partial charge < -0.3 is 20.7 Å². The molecule has 0 saturated carbocycles. The van der Waals surface area contributed by atoms with Crippen LogP contribution in [0.2, 0.25) is 0 Å². The van der Waals surface area contributed by atoms with E-state index in [4.69, 9.17) is 10.5 Å². The molecule has 0 aromatic carbocycles. The van der Waals surface area contributed by atoms with Crippen molar-refractivity contribution < 1.29 is 9.53 Å². The number of aromatic nitrogens is 2. The lowest BCUT2D eigenvalue weighted by Gasteiger charge is -2.26. The van der Waals surface area contributed by atoms with Gasteiger partial charge in [-0.1, -0.05) is 13.8 Å². The third kappa shape index (κ3) is 4.56. The van der Waals surface area contributed by atoms with Gasteiger partial charge in [0.1, 0.15) is 17.5 Å². The fraction of sp³-hybridized carbons (Fsp3) is 0.643. The van der Waals surface area contributed by atoms with E-state index in [-0.39, 0.29) is 11.8 Å². The van der Waals surface area contributed by atoms with Gasteiger partial charge in [0.15, 0.2) is 0 Å². The summed E-state index contributed by atoms with van der Waals surface area (Å²) in [7, 11) is 0. The number of nitrogens with zero attached hydrogens (tertiary/aromatic N) is 3. The summed E-state index contributed by atoms with van der Waals surface area (Å²) in [5.74, 6) is 2.16. The largest absolute Gasteiger partial charge is 0.384 e. The SMILES string of the molecule is CC(C)c1nc(N)cc(NCCC(=O)N2CCOCC2)n1. The van der Waals surface area contributed by atoms with Crippen LogP contribution in [0.15, 0.2) is 6.07 Å². The smallest absolute Gasteiger partial charge is 0.224 e. The number of amides is 1. The van der Waals surface area contributed by atoms with E-state index in [9.17, 15) is 4.79 Å². The lowest BCUT2D eigenvalue weighted by molar-refractivity contribution is -0.134. The van der Waals surface area contributed by atoms with Crippen molar-refractivity contribution in [3.8, 4) is 0 Å².